The number of hydrogen-bond acceptors (Lipinski definition) is 3. The van der Waals surface area contributed by atoms with E-state index in [-0.39, 0.29) is 5.91 Å². The van der Waals surface area contributed by atoms with Gasteiger partial charge < -0.3 is 9.64 Å². The van der Waals surface area contributed by atoms with Gasteiger partial charge in [0.25, 0.3) is 5.91 Å². The lowest BCUT2D eigenvalue weighted by molar-refractivity contribution is 0.0583. The van der Waals surface area contributed by atoms with Crippen LogP contribution in [0, 0.1) is 5.92 Å². The molecule has 0 spiro atoms. The Hall–Kier alpha value is -1.58. The molecule has 0 saturated heterocycles. The molecule has 4 heteroatoms. The van der Waals surface area contributed by atoms with E-state index in [4.69, 9.17) is 4.74 Å². The van der Waals surface area contributed by atoms with E-state index in [0.717, 1.165) is 31.6 Å². The largest absolute Gasteiger partial charge is 0.480 e. The number of nitrogens with zero attached hydrogens (tertiary/aromatic N) is 2. The third-order valence-electron chi connectivity index (χ3n) is 5.16. The molecule has 0 atom stereocenters. The summed E-state index contributed by atoms with van der Waals surface area (Å²) in [7, 11) is 1.58. The minimum Gasteiger partial charge on any atom is -0.480 e. The molecule has 1 aromatic heterocycles. The number of methoxy groups -OCH3 is 1. The fourth-order valence-corrected chi connectivity index (χ4v) is 3.67. The van der Waals surface area contributed by atoms with Gasteiger partial charge in [0.15, 0.2) is 0 Å². The molecule has 1 amide bonds. The predicted octanol–water partition coefficient (Wildman–Crippen LogP) is 3.66. The molecule has 1 aromatic rings. The van der Waals surface area contributed by atoms with Gasteiger partial charge in [0.2, 0.25) is 5.88 Å². The molecule has 0 bridgehead atoms. The topological polar surface area (TPSA) is 42.4 Å². The molecule has 4 nitrogen and oxygen atoms in total. The third kappa shape index (κ3) is 3.11. The molecule has 2 saturated carbocycles. The summed E-state index contributed by atoms with van der Waals surface area (Å²) in [5.41, 5.74) is 0.606. The van der Waals surface area contributed by atoms with Crippen molar-refractivity contribution in [3.63, 3.8) is 0 Å². The summed E-state index contributed by atoms with van der Waals surface area (Å²) >= 11 is 0. The molecule has 0 aromatic carbocycles. The average molecular weight is 302 g/mol. The van der Waals surface area contributed by atoms with E-state index in [2.05, 4.69) is 16.8 Å². The number of carbonyl (C=O) groups is 1. The second kappa shape index (κ2) is 6.67. The van der Waals surface area contributed by atoms with Gasteiger partial charge in [-0.3, -0.25) is 4.79 Å². The van der Waals surface area contributed by atoms with Gasteiger partial charge in [-0.1, -0.05) is 13.3 Å². The summed E-state index contributed by atoms with van der Waals surface area (Å²) in [6.07, 6.45) is 10.0. The first kappa shape index (κ1) is 15.3. The van der Waals surface area contributed by atoms with E-state index in [1.807, 2.05) is 12.1 Å². The van der Waals surface area contributed by atoms with Crippen LogP contribution in [0.4, 0.5) is 0 Å². The van der Waals surface area contributed by atoms with Gasteiger partial charge in [0.1, 0.15) is 5.56 Å². The van der Waals surface area contributed by atoms with Crippen LogP contribution in [0.15, 0.2) is 18.3 Å². The van der Waals surface area contributed by atoms with Crippen LogP contribution in [-0.4, -0.2) is 35.0 Å². The van der Waals surface area contributed by atoms with Gasteiger partial charge in [-0.15, -0.1) is 0 Å². The monoisotopic (exact) mass is 302 g/mol. The molecule has 0 aliphatic heterocycles. The van der Waals surface area contributed by atoms with Crippen LogP contribution in [0.2, 0.25) is 0 Å². The van der Waals surface area contributed by atoms with Crippen LogP contribution in [0.25, 0.3) is 0 Å². The van der Waals surface area contributed by atoms with E-state index in [1.165, 1.54) is 19.3 Å². The van der Waals surface area contributed by atoms with Crippen LogP contribution < -0.4 is 4.74 Å². The highest BCUT2D eigenvalue weighted by atomic mass is 16.5. The van der Waals surface area contributed by atoms with Crippen molar-refractivity contribution < 1.29 is 9.53 Å². The van der Waals surface area contributed by atoms with E-state index >= 15 is 0 Å². The molecule has 0 radical (unpaired) electrons. The molecule has 0 N–H and O–H groups in total. The van der Waals surface area contributed by atoms with E-state index in [1.54, 1.807) is 13.3 Å². The van der Waals surface area contributed by atoms with Crippen molar-refractivity contribution in [2.75, 3.05) is 7.11 Å². The fraction of sp³-hybridized carbons (Fsp3) is 0.667. The summed E-state index contributed by atoms with van der Waals surface area (Å²) in [5, 5.41) is 0. The van der Waals surface area contributed by atoms with Crippen molar-refractivity contribution in [1.82, 2.24) is 9.88 Å². The van der Waals surface area contributed by atoms with Crippen molar-refractivity contribution in [3.8, 4) is 5.88 Å². The van der Waals surface area contributed by atoms with Crippen molar-refractivity contribution in [2.24, 2.45) is 5.92 Å². The molecule has 22 heavy (non-hydrogen) atoms. The van der Waals surface area contributed by atoms with E-state index in [0.29, 0.717) is 23.5 Å². The summed E-state index contributed by atoms with van der Waals surface area (Å²) in [5.74, 6) is 1.40. The Bertz CT molecular complexity index is 520. The number of aromatic nitrogens is 1. The molecular weight excluding hydrogens is 276 g/mol. The number of amides is 1. The number of hydrogen-bond donors (Lipinski definition) is 0. The Balaban J connectivity index is 1.78. The minimum atomic E-state index is 0.104. The van der Waals surface area contributed by atoms with E-state index < -0.39 is 0 Å². The summed E-state index contributed by atoms with van der Waals surface area (Å²) < 4.78 is 5.28. The Labute approximate surface area is 132 Å². The normalized spacial score (nSPS) is 24.8. The maximum atomic E-state index is 13.1. The zero-order valence-electron chi connectivity index (χ0n) is 13.6. The maximum absolute atomic E-state index is 13.1. The van der Waals surface area contributed by atoms with Gasteiger partial charge in [-0.25, -0.2) is 4.98 Å². The fourth-order valence-electron chi connectivity index (χ4n) is 3.67. The van der Waals surface area contributed by atoms with Gasteiger partial charge in [0, 0.05) is 18.3 Å². The lowest BCUT2D eigenvalue weighted by atomic mass is 9.83. The van der Waals surface area contributed by atoms with Crippen LogP contribution in [0.3, 0.4) is 0 Å². The van der Waals surface area contributed by atoms with Gasteiger partial charge in [0.05, 0.1) is 7.11 Å². The lowest BCUT2D eigenvalue weighted by Crippen LogP contribution is -2.44. The Morgan fingerprint density at radius 3 is 2.41 bits per heavy atom. The van der Waals surface area contributed by atoms with Gasteiger partial charge >= 0.3 is 0 Å². The second-order valence-electron chi connectivity index (χ2n) is 6.59. The second-order valence-corrected chi connectivity index (χ2v) is 6.59. The summed E-state index contributed by atoms with van der Waals surface area (Å²) in [6, 6.07) is 4.48. The molecule has 2 aliphatic rings. The number of ether oxygens (including phenoxy) is 1. The molecule has 2 aliphatic carbocycles. The molecule has 3 rings (SSSR count). The number of pyridine rings is 1. The van der Waals surface area contributed by atoms with Crippen molar-refractivity contribution in [1.29, 1.82) is 0 Å². The predicted molar refractivity (Wildman–Crippen MR) is 86.0 cm³/mol. The number of carbonyl (C=O) groups excluding carboxylic acids is 1. The summed E-state index contributed by atoms with van der Waals surface area (Å²) in [4.78, 5) is 19.4. The smallest absolute Gasteiger partial charge is 0.259 e. The van der Waals surface area contributed by atoms with Gasteiger partial charge in [-0.05, 0) is 56.6 Å². The first-order chi connectivity index (χ1) is 10.7. The molecular formula is C18H26N2O2. The highest BCUT2D eigenvalue weighted by Gasteiger charge is 2.39. The zero-order valence-corrected chi connectivity index (χ0v) is 13.6. The summed E-state index contributed by atoms with van der Waals surface area (Å²) in [6.45, 7) is 2.27. The lowest BCUT2D eigenvalue weighted by Gasteiger charge is -2.37. The Morgan fingerprint density at radius 1 is 1.23 bits per heavy atom. The molecule has 1 heterocycles. The number of rotatable bonds is 5. The van der Waals surface area contributed by atoms with E-state index in [9.17, 15) is 4.79 Å². The minimum absolute atomic E-state index is 0.104. The molecule has 0 unspecified atom stereocenters. The Kier molecular flexibility index (Phi) is 4.65. The zero-order chi connectivity index (χ0) is 15.5. The maximum Gasteiger partial charge on any atom is 0.259 e. The molecule has 2 fully saturated rings. The molecule has 120 valence electrons. The van der Waals surface area contributed by atoms with Crippen LogP contribution in [-0.2, 0) is 0 Å². The average Bonchev–Trinajstić information content (AvgIpc) is 3.40. The first-order valence-electron chi connectivity index (χ1n) is 8.56. The Morgan fingerprint density at radius 2 is 1.86 bits per heavy atom. The van der Waals surface area contributed by atoms with Crippen LogP contribution >= 0.6 is 0 Å². The van der Waals surface area contributed by atoms with Crippen molar-refractivity contribution >= 4 is 5.91 Å². The quantitative estimate of drug-likeness (QED) is 0.833. The van der Waals surface area contributed by atoms with Crippen molar-refractivity contribution in [2.45, 2.75) is 64.0 Å². The van der Waals surface area contributed by atoms with Crippen molar-refractivity contribution in [3.05, 3.63) is 23.9 Å². The van der Waals surface area contributed by atoms with Crippen LogP contribution in [0.1, 0.15) is 62.2 Å². The van der Waals surface area contributed by atoms with Gasteiger partial charge in [-0.2, -0.15) is 0 Å². The van der Waals surface area contributed by atoms with Crippen LogP contribution in [0.5, 0.6) is 5.88 Å². The third-order valence-corrected chi connectivity index (χ3v) is 5.16. The highest BCUT2D eigenvalue weighted by molar-refractivity contribution is 5.97. The first-order valence-corrected chi connectivity index (χ1v) is 8.56. The highest BCUT2D eigenvalue weighted by Crippen LogP contribution is 2.37. The standard InChI is InChI=1S/C18H26N2O2/c1-3-13-6-8-14(9-7-13)20(15-10-11-15)18(21)16-5-4-12-19-17(16)22-2/h4-5,12-15H,3,6-11H2,1-2H3. The SMILES string of the molecule is CCC1CCC(N(C(=O)c2cccnc2OC)C2CC2)CC1.